The van der Waals surface area contributed by atoms with Crippen LogP contribution in [0.3, 0.4) is 0 Å². The maximum absolute atomic E-state index is 13.9. The molecule has 0 unspecified atom stereocenters. The minimum atomic E-state index is -0.0228. The summed E-state index contributed by atoms with van der Waals surface area (Å²) in [5, 5.41) is 8.37. The average Bonchev–Trinajstić information content (AvgIpc) is 3.01. The third-order valence-electron chi connectivity index (χ3n) is 8.91. The fraction of sp³-hybridized carbons (Fsp3) is 0.0556. The largest absolute Gasteiger partial charge is 0.493 e. The normalized spacial score (nSPS) is 13.3. The number of ether oxygens (including phenoxy) is 2. The van der Waals surface area contributed by atoms with E-state index in [1.807, 2.05) is 42.5 Å². The lowest BCUT2D eigenvalue weighted by atomic mass is 9.76. The standard InChI is InChI=1S/C36H20O4/c1-39-28-16-15-27-33(36(28)40-2)24-12-9-20-19-8-7-18-17-5-3-4-6-23(17)34(37)25-13-10-21(29(19)31(18)25)22-11-14-26(35(27)38)32(24)30(20)22/h3-16H,1-2H3. The Kier molecular flexibility index (Phi) is 3.93. The minimum Gasteiger partial charge on any atom is -0.493 e. The molecule has 9 rings (SSSR count). The maximum Gasteiger partial charge on any atom is 0.194 e. The van der Waals surface area contributed by atoms with Crippen LogP contribution in [0, 0.1) is 0 Å². The summed E-state index contributed by atoms with van der Waals surface area (Å²) < 4.78 is 11.4. The zero-order chi connectivity index (χ0) is 26.9. The molecule has 4 nitrogen and oxygen atoms in total. The van der Waals surface area contributed by atoms with Crippen molar-refractivity contribution >= 4 is 54.7 Å². The van der Waals surface area contributed by atoms with Gasteiger partial charge in [0.25, 0.3) is 0 Å². The highest BCUT2D eigenvalue weighted by Gasteiger charge is 2.32. The molecule has 0 N–H and O–H groups in total. The van der Waals surface area contributed by atoms with Crippen molar-refractivity contribution in [3.8, 4) is 33.8 Å². The van der Waals surface area contributed by atoms with Crippen molar-refractivity contribution < 1.29 is 19.1 Å². The van der Waals surface area contributed by atoms with E-state index in [9.17, 15) is 9.59 Å². The Hall–Kier alpha value is -5.22. The first-order chi connectivity index (χ1) is 19.6. The van der Waals surface area contributed by atoms with Gasteiger partial charge in [0.1, 0.15) is 0 Å². The predicted octanol–water partition coefficient (Wildman–Crippen LogP) is 8.18. The lowest BCUT2D eigenvalue weighted by Gasteiger charge is -2.26. The van der Waals surface area contributed by atoms with E-state index in [0.717, 1.165) is 76.5 Å². The smallest absolute Gasteiger partial charge is 0.194 e. The Morgan fingerprint density at radius 3 is 1.52 bits per heavy atom. The fourth-order valence-electron chi connectivity index (χ4n) is 7.29. The predicted molar refractivity (Wildman–Crippen MR) is 158 cm³/mol. The van der Waals surface area contributed by atoms with Crippen molar-refractivity contribution in [2.75, 3.05) is 14.2 Å². The Morgan fingerprint density at radius 2 is 0.925 bits per heavy atom. The molecule has 2 aliphatic carbocycles. The molecule has 0 amide bonds. The van der Waals surface area contributed by atoms with Crippen LogP contribution in [0.1, 0.15) is 31.8 Å². The van der Waals surface area contributed by atoms with E-state index < -0.39 is 0 Å². The van der Waals surface area contributed by atoms with Gasteiger partial charge in [0.05, 0.1) is 14.2 Å². The maximum atomic E-state index is 13.9. The van der Waals surface area contributed by atoms with Crippen molar-refractivity contribution in [2.45, 2.75) is 0 Å². The average molecular weight is 517 g/mol. The number of hydrogen-bond acceptors (Lipinski definition) is 4. The fourth-order valence-corrected chi connectivity index (χ4v) is 7.29. The van der Waals surface area contributed by atoms with E-state index in [2.05, 4.69) is 36.4 Å². The van der Waals surface area contributed by atoms with Gasteiger partial charge in [-0.25, -0.2) is 0 Å². The molecule has 0 saturated carbocycles. The number of fused-ring (bicyclic) bond motifs is 6. The van der Waals surface area contributed by atoms with E-state index in [1.54, 1.807) is 20.3 Å². The van der Waals surface area contributed by atoms with Crippen LogP contribution >= 0.6 is 0 Å². The van der Waals surface area contributed by atoms with Crippen molar-refractivity contribution in [1.82, 2.24) is 0 Å². The number of methoxy groups -OCH3 is 2. The lowest BCUT2D eigenvalue weighted by Crippen LogP contribution is -2.12. The lowest BCUT2D eigenvalue weighted by molar-refractivity contribution is 0.103. The van der Waals surface area contributed by atoms with Gasteiger partial charge in [-0.05, 0) is 73.3 Å². The van der Waals surface area contributed by atoms with Crippen LogP contribution in [-0.4, -0.2) is 25.8 Å². The van der Waals surface area contributed by atoms with E-state index in [4.69, 9.17) is 9.47 Å². The molecular weight excluding hydrogens is 496 g/mol. The van der Waals surface area contributed by atoms with Crippen LogP contribution in [-0.2, 0) is 0 Å². The first-order valence-corrected chi connectivity index (χ1v) is 13.3. The summed E-state index contributed by atoms with van der Waals surface area (Å²) in [6, 6.07) is 28.1. The Balaban J connectivity index is 1.49. The van der Waals surface area contributed by atoms with Crippen LogP contribution in [0.5, 0.6) is 11.5 Å². The number of carbonyl (C=O) groups is 2. The molecule has 7 aromatic carbocycles. The summed E-state index contributed by atoms with van der Waals surface area (Å²) in [7, 11) is 3.22. The van der Waals surface area contributed by atoms with Gasteiger partial charge < -0.3 is 9.47 Å². The number of benzene rings is 7. The number of carbonyl (C=O) groups excluding carboxylic acids is 2. The number of ketones is 2. The van der Waals surface area contributed by atoms with Crippen LogP contribution < -0.4 is 9.47 Å². The van der Waals surface area contributed by atoms with E-state index in [-0.39, 0.29) is 11.6 Å². The van der Waals surface area contributed by atoms with Crippen LogP contribution in [0.2, 0.25) is 0 Å². The van der Waals surface area contributed by atoms with Crippen molar-refractivity contribution in [1.29, 1.82) is 0 Å². The van der Waals surface area contributed by atoms with Gasteiger partial charge in [-0.15, -0.1) is 0 Å². The molecule has 7 aromatic rings. The molecule has 0 atom stereocenters. The van der Waals surface area contributed by atoms with Gasteiger partial charge >= 0.3 is 0 Å². The summed E-state index contributed by atoms with van der Waals surface area (Å²) in [6.07, 6.45) is 0. The summed E-state index contributed by atoms with van der Waals surface area (Å²) in [4.78, 5) is 27.5. The van der Waals surface area contributed by atoms with E-state index >= 15 is 0 Å². The second-order valence-electron chi connectivity index (χ2n) is 10.6. The first kappa shape index (κ1) is 21.7. The number of hydrogen-bond donors (Lipinski definition) is 0. The monoisotopic (exact) mass is 516 g/mol. The van der Waals surface area contributed by atoms with Crippen LogP contribution in [0.25, 0.3) is 65.3 Å². The van der Waals surface area contributed by atoms with Gasteiger partial charge in [-0.3, -0.25) is 9.59 Å². The quantitative estimate of drug-likeness (QED) is 0.172. The molecule has 0 heterocycles. The van der Waals surface area contributed by atoms with Crippen molar-refractivity contribution in [2.24, 2.45) is 0 Å². The molecular formula is C36H20O4. The molecule has 2 aliphatic rings. The summed E-state index contributed by atoms with van der Waals surface area (Å²) in [6.45, 7) is 0. The minimum absolute atomic E-state index is 0.0228. The second-order valence-corrected chi connectivity index (χ2v) is 10.6. The highest BCUT2D eigenvalue weighted by atomic mass is 16.5. The summed E-state index contributed by atoms with van der Waals surface area (Å²) in [5.41, 5.74) is 6.57. The third kappa shape index (κ3) is 2.35. The summed E-state index contributed by atoms with van der Waals surface area (Å²) in [5.74, 6) is 1.19. The molecule has 40 heavy (non-hydrogen) atoms. The summed E-state index contributed by atoms with van der Waals surface area (Å²) >= 11 is 0. The Bertz CT molecular complexity index is 2310. The molecule has 188 valence electrons. The van der Waals surface area contributed by atoms with Gasteiger partial charge in [-0.2, -0.15) is 0 Å². The SMILES string of the molecule is COc1ccc2c(c1OC)-c1ccc3c4ccc5c6c(ccc(c7ccc(c1c73)C2=O)c64)C(=O)c1ccccc1-5. The molecule has 0 fully saturated rings. The zero-order valence-corrected chi connectivity index (χ0v) is 21.7. The highest BCUT2D eigenvalue weighted by Crippen LogP contribution is 2.52. The first-order valence-electron chi connectivity index (χ1n) is 13.3. The van der Waals surface area contributed by atoms with Gasteiger partial charge in [0, 0.05) is 38.6 Å². The van der Waals surface area contributed by atoms with Crippen LogP contribution in [0.15, 0.2) is 84.9 Å². The number of rotatable bonds is 2. The molecule has 0 spiro atoms. The van der Waals surface area contributed by atoms with E-state index in [0.29, 0.717) is 22.6 Å². The van der Waals surface area contributed by atoms with Gasteiger partial charge in [0.2, 0.25) is 0 Å². The van der Waals surface area contributed by atoms with Crippen molar-refractivity contribution in [3.05, 3.63) is 107 Å². The van der Waals surface area contributed by atoms with Gasteiger partial charge in [0.15, 0.2) is 23.1 Å². The Labute approximate surface area is 228 Å². The van der Waals surface area contributed by atoms with Crippen LogP contribution in [0.4, 0.5) is 0 Å². The molecule has 0 radical (unpaired) electrons. The third-order valence-corrected chi connectivity index (χ3v) is 8.91. The van der Waals surface area contributed by atoms with E-state index in [1.165, 1.54) is 0 Å². The highest BCUT2D eigenvalue weighted by molar-refractivity contribution is 6.41. The molecule has 0 aliphatic heterocycles. The van der Waals surface area contributed by atoms with Gasteiger partial charge in [-0.1, -0.05) is 60.7 Å². The second kappa shape index (κ2) is 7.25. The topological polar surface area (TPSA) is 52.6 Å². The van der Waals surface area contributed by atoms with Crippen molar-refractivity contribution in [3.63, 3.8) is 0 Å². The zero-order valence-electron chi connectivity index (χ0n) is 21.7. The Morgan fingerprint density at radius 1 is 0.425 bits per heavy atom. The molecule has 0 saturated heterocycles. The molecule has 0 aromatic heterocycles. The molecule has 0 bridgehead atoms. The molecule has 4 heteroatoms.